The molecule has 0 atom stereocenters. The lowest BCUT2D eigenvalue weighted by molar-refractivity contribution is 0.417. The van der Waals surface area contributed by atoms with Crippen LogP contribution < -0.4 is 37.1 Å². The van der Waals surface area contributed by atoms with Crippen molar-refractivity contribution in [3.8, 4) is 23.1 Å². The fourth-order valence-corrected chi connectivity index (χ4v) is 9.61. The smallest absolute Gasteiger partial charge is 0.295 e. The molecule has 70 heavy (non-hydrogen) atoms. The van der Waals surface area contributed by atoms with Crippen LogP contribution in [0.25, 0.3) is 22.0 Å². The van der Waals surface area contributed by atoms with Gasteiger partial charge >= 0.3 is 0 Å². The molecule has 356 valence electrons. The average Bonchev–Trinajstić information content (AvgIpc) is 3.73. The number of hydrogen-bond donors (Lipinski definition) is 10. The van der Waals surface area contributed by atoms with Crippen LogP contribution in [0.1, 0.15) is 22.3 Å². The van der Waals surface area contributed by atoms with Gasteiger partial charge in [0.2, 0.25) is 5.13 Å². The molecule has 6 aromatic carbocycles. The number of nitriles is 1. The summed E-state index contributed by atoms with van der Waals surface area (Å²) < 4.78 is 74.8. The van der Waals surface area contributed by atoms with Crippen LogP contribution in [0.5, 0.6) is 5.75 Å². The molecule has 0 amide bonds. The summed E-state index contributed by atoms with van der Waals surface area (Å²) in [6.45, 7) is 5.55. The zero-order chi connectivity index (χ0) is 49.9. The lowest BCUT2D eigenvalue weighted by atomic mass is 10.1. The Morgan fingerprint density at radius 3 is 1.91 bits per heavy atom. The molecule has 0 bridgehead atoms. The number of benzene rings is 6. The van der Waals surface area contributed by atoms with Gasteiger partial charge in [-0.25, -0.2) is 9.97 Å². The number of nitrogens with one attached hydrogen (secondary N) is 6. The van der Waals surface area contributed by atoms with Crippen LogP contribution in [0.15, 0.2) is 145 Å². The van der Waals surface area contributed by atoms with Gasteiger partial charge in [0, 0.05) is 49.1 Å². The number of pyridine rings is 1. The van der Waals surface area contributed by atoms with Crippen LogP contribution in [0.3, 0.4) is 0 Å². The largest absolute Gasteiger partial charge is 0.494 e. The fourth-order valence-electron chi connectivity index (χ4n) is 7.12. The van der Waals surface area contributed by atoms with Crippen molar-refractivity contribution in [1.82, 2.24) is 9.97 Å². The Kier molecular flexibility index (Phi) is 14.2. The predicted molar refractivity (Wildman–Crippen MR) is 280 cm³/mol. The highest BCUT2D eigenvalue weighted by molar-refractivity contribution is 7.86. The summed E-state index contributed by atoms with van der Waals surface area (Å²) in [6.07, 6.45) is 0. The van der Waals surface area contributed by atoms with E-state index in [0.717, 1.165) is 33.1 Å². The number of anilines is 8. The molecular formula is C47H41N11O7S5. The van der Waals surface area contributed by atoms with Crippen LogP contribution in [-0.2, 0) is 20.2 Å². The van der Waals surface area contributed by atoms with Crippen molar-refractivity contribution < 1.29 is 30.7 Å². The van der Waals surface area contributed by atoms with E-state index in [9.17, 15) is 31.2 Å². The molecule has 2 aromatic heterocycles. The van der Waals surface area contributed by atoms with E-state index in [-0.39, 0.29) is 27.2 Å². The first-order valence-corrected chi connectivity index (χ1v) is 25.3. The summed E-state index contributed by atoms with van der Waals surface area (Å²) in [5.41, 5.74) is 18.9. The molecule has 18 nitrogen and oxygen atoms in total. The van der Waals surface area contributed by atoms with Crippen LogP contribution >= 0.6 is 36.6 Å². The third-order valence-electron chi connectivity index (χ3n) is 10.6. The quantitative estimate of drug-likeness (QED) is 0.0187. The van der Waals surface area contributed by atoms with Crippen molar-refractivity contribution in [2.75, 3.05) is 39.4 Å². The zero-order valence-electron chi connectivity index (χ0n) is 37.3. The van der Waals surface area contributed by atoms with Gasteiger partial charge in [0.05, 0.1) is 29.7 Å². The number of aryl methyl sites for hydroxylation is 2. The molecule has 0 aliphatic heterocycles. The lowest BCUT2D eigenvalue weighted by Gasteiger charge is -2.18. The number of azo groups is 1. The number of fused-ring (bicyclic) bond motifs is 1. The van der Waals surface area contributed by atoms with Crippen molar-refractivity contribution in [2.45, 2.75) is 40.4 Å². The maximum absolute atomic E-state index is 12.4. The molecule has 0 saturated heterocycles. The van der Waals surface area contributed by atoms with Gasteiger partial charge < -0.3 is 26.2 Å². The van der Waals surface area contributed by atoms with Crippen molar-refractivity contribution in [1.29, 1.82) is 5.26 Å². The monoisotopic (exact) mass is 1030 g/mol. The zero-order valence-corrected chi connectivity index (χ0v) is 41.5. The highest BCUT2D eigenvalue weighted by Gasteiger charge is 2.23. The summed E-state index contributed by atoms with van der Waals surface area (Å²) in [6, 6.07) is 34.3. The van der Waals surface area contributed by atoms with E-state index in [1.54, 1.807) is 26.0 Å². The van der Waals surface area contributed by atoms with E-state index in [2.05, 4.69) is 73.9 Å². The normalized spacial score (nSPS) is 11.6. The van der Waals surface area contributed by atoms with Crippen LogP contribution in [0, 0.1) is 32.1 Å². The molecule has 0 saturated carbocycles. The molecule has 8 aromatic rings. The Bertz CT molecular complexity index is 3610. The Hall–Kier alpha value is -7.43. The van der Waals surface area contributed by atoms with Crippen molar-refractivity contribution in [2.24, 2.45) is 10.2 Å². The second-order valence-corrected chi connectivity index (χ2v) is 20.3. The molecule has 8 N–H and O–H groups in total. The number of hydrogen-bond acceptors (Lipinski definition) is 19. The number of nitrogens with zero attached hydrogens (tertiary/aromatic N) is 5. The van der Waals surface area contributed by atoms with E-state index in [4.69, 9.17) is 14.7 Å². The van der Waals surface area contributed by atoms with Gasteiger partial charge in [-0.15, -0.1) is 35.5 Å². The van der Waals surface area contributed by atoms with Crippen molar-refractivity contribution >= 4 is 123 Å². The fraction of sp³-hybridized carbons (Fsp3) is 0.0851. The minimum absolute atomic E-state index is 0.0537. The molecule has 0 fully saturated rings. The van der Waals surface area contributed by atoms with Gasteiger partial charge in [-0.1, -0.05) is 53.3 Å². The minimum Gasteiger partial charge on any atom is -0.494 e. The van der Waals surface area contributed by atoms with Gasteiger partial charge in [0.25, 0.3) is 20.2 Å². The van der Waals surface area contributed by atoms with Gasteiger partial charge in [-0.3, -0.25) is 20.0 Å². The van der Waals surface area contributed by atoms with Gasteiger partial charge in [-0.05, 0) is 99.1 Å². The topological polar surface area (TPSA) is 264 Å². The Morgan fingerprint density at radius 1 is 0.671 bits per heavy atom. The molecule has 23 heteroatoms. The minimum atomic E-state index is -4.83. The molecule has 0 aliphatic carbocycles. The van der Waals surface area contributed by atoms with Gasteiger partial charge in [0.15, 0.2) is 11.6 Å². The number of ether oxygens (including phenoxy) is 1. The number of thiazole rings is 1. The highest BCUT2D eigenvalue weighted by atomic mass is 32.2. The van der Waals surface area contributed by atoms with E-state index in [1.807, 2.05) is 79.7 Å². The standard InChI is InChI=1S/C47H41N11O7S5/c1-25-8-10-28(11-9-25)43-46(57-55-38-20-26(2)37(23-39(38)65-4)54-53-31-21-35-34(41(22-31)70(62,63)64)6-5-7-40(35)69(59,60)61)68-47(51-43)58-56-42-27(3)36(24-48)44(49-29-12-16-32(66)17-13-29)52-45(42)50-30-14-18-33(67)19-15-30/h5-23,53-55,57,66-67H,1-4H3,(H2,49,50,52)(H,59,60,61)(H,62,63,64). The van der Waals surface area contributed by atoms with Gasteiger partial charge in [-0.2, -0.15) is 22.1 Å². The highest BCUT2D eigenvalue weighted by Crippen LogP contribution is 2.42. The summed E-state index contributed by atoms with van der Waals surface area (Å²) in [7, 11) is -8.13. The van der Waals surface area contributed by atoms with Gasteiger partial charge in [0.1, 0.15) is 38.0 Å². The predicted octanol–water partition coefficient (Wildman–Crippen LogP) is 12.0. The molecular weight excluding hydrogens is 991 g/mol. The maximum Gasteiger partial charge on any atom is 0.295 e. The van der Waals surface area contributed by atoms with Crippen molar-refractivity contribution in [3.05, 3.63) is 138 Å². The summed E-state index contributed by atoms with van der Waals surface area (Å²) >= 11 is 10.0. The molecule has 0 spiro atoms. The van der Waals surface area contributed by atoms with Crippen LogP contribution in [0.2, 0.25) is 0 Å². The first-order valence-electron chi connectivity index (χ1n) is 20.7. The number of methoxy groups -OCH3 is 1. The lowest BCUT2D eigenvalue weighted by Crippen LogP contribution is -2.13. The first-order chi connectivity index (χ1) is 33.4. The van der Waals surface area contributed by atoms with E-state index >= 15 is 0 Å². The van der Waals surface area contributed by atoms with Crippen molar-refractivity contribution in [3.63, 3.8) is 0 Å². The second kappa shape index (κ2) is 20.3. The number of hydrazine groups is 2. The third kappa shape index (κ3) is 11.0. The molecule has 0 aliphatic rings. The van der Waals surface area contributed by atoms with Crippen LogP contribution in [0.4, 0.5) is 55.9 Å². The van der Waals surface area contributed by atoms with E-state index < -0.39 is 30.0 Å². The number of aromatic nitrogens is 2. The SMILES string of the molecule is COc1cc(NNc2cc(S(=O)(=O)O)c3cccc(S(=O)(=O)O)c3c2)c(C)cc1NNc1sc(N=Nc2c(Nc3ccc(S)cc3)nc(Nc3ccc(S)cc3)c(C#N)c2C)nc1-c1ccc(C)cc1. The second-order valence-electron chi connectivity index (χ2n) is 15.5. The number of thiol groups is 2. The Balaban J connectivity index is 1.10. The molecule has 2 heterocycles. The summed E-state index contributed by atoms with van der Waals surface area (Å²) in [5, 5.41) is 26.8. The average molecular weight is 1030 g/mol. The number of rotatable bonds is 16. The molecule has 0 unspecified atom stereocenters. The summed E-state index contributed by atoms with van der Waals surface area (Å²) in [4.78, 5) is 10.1. The van der Waals surface area contributed by atoms with E-state index in [1.165, 1.54) is 36.6 Å². The third-order valence-corrected chi connectivity index (χ3v) is 13.9. The molecule has 0 radical (unpaired) electrons. The molecule has 8 rings (SSSR count). The Labute approximate surface area is 417 Å². The van der Waals surface area contributed by atoms with Crippen LogP contribution in [-0.4, -0.2) is 43.0 Å². The van der Waals surface area contributed by atoms with E-state index in [0.29, 0.717) is 67.6 Å². The first kappa shape index (κ1) is 49.0. The maximum atomic E-state index is 12.4. The Morgan fingerprint density at radius 2 is 1.30 bits per heavy atom. The summed E-state index contributed by atoms with van der Waals surface area (Å²) in [5.74, 6) is 1.01.